The molecule has 1 saturated heterocycles. The van der Waals surface area contributed by atoms with Crippen molar-refractivity contribution in [2.75, 3.05) is 18.9 Å². The van der Waals surface area contributed by atoms with Gasteiger partial charge in [-0.25, -0.2) is 19.7 Å². The van der Waals surface area contributed by atoms with Crippen LogP contribution < -0.4 is 5.73 Å². The zero-order valence-electron chi connectivity index (χ0n) is 15.4. The van der Waals surface area contributed by atoms with Crippen LogP contribution in [0.5, 0.6) is 0 Å². The van der Waals surface area contributed by atoms with Gasteiger partial charge in [0.1, 0.15) is 17.6 Å². The third-order valence-electron chi connectivity index (χ3n) is 4.19. The molecule has 4 N–H and O–H groups in total. The van der Waals surface area contributed by atoms with Gasteiger partial charge in [-0.15, -0.1) is 0 Å². The molecule has 3 rings (SSSR count). The summed E-state index contributed by atoms with van der Waals surface area (Å²) in [5, 5.41) is 0. The predicted molar refractivity (Wildman–Crippen MR) is 96.0 cm³/mol. The molecule has 13 heteroatoms. The number of ether oxygens (including phenoxy) is 3. The number of aromatic nitrogens is 4. The van der Waals surface area contributed by atoms with Gasteiger partial charge < -0.3 is 29.7 Å². The lowest BCUT2D eigenvalue weighted by Gasteiger charge is -2.20. The minimum absolute atomic E-state index is 0.0151. The molecule has 0 amide bonds. The molecule has 0 bridgehead atoms. The Morgan fingerprint density at radius 1 is 1.46 bits per heavy atom. The number of hydrogen-bond donors (Lipinski definition) is 3. The van der Waals surface area contributed by atoms with Gasteiger partial charge in [0.05, 0.1) is 25.6 Å². The van der Waals surface area contributed by atoms with Crippen LogP contribution in [0.4, 0.5) is 5.82 Å². The average molecular weight is 415 g/mol. The van der Waals surface area contributed by atoms with Crippen LogP contribution >= 0.6 is 7.60 Å². The Morgan fingerprint density at radius 2 is 2.21 bits per heavy atom. The smallest absolute Gasteiger partial charge is 0.365 e. The number of carbonyl (C=O) groups excluding carboxylic acids is 1. The second-order valence-electron chi connectivity index (χ2n) is 6.30. The number of nitrogen functional groups attached to an aromatic ring is 1. The highest BCUT2D eigenvalue weighted by Gasteiger charge is 2.39. The minimum atomic E-state index is -4.82. The van der Waals surface area contributed by atoms with E-state index in [4.69, 9.17) is 15.2 Å². The van der Waals surface area contributed by atoms with Crippen molar-refractivity contribution in [1.29, 1.82) is 0 Å². The first-order chi connectivity index (χ1) is 13.2. The molecule has 12 nitrogen and oxygen atoms in total. The first kappa shape index (κ1) is 20.6. The van der Waals surface area contributed by atoms with Crippen LogP contribution in [0.3, 0.4) is 0 Å². The summed E-state index contributed by atoms with van der Waals surface area (Å²) in [6.45, 7) is 3.07. The maximum absolute atomic E-state index is 11.7. The minimum Gasteiger partial charge on any atom is -0.464 e. The Labute approximate surface area is 160 Å². The van der Waals surface area contributed by atoms with Crippen molar-refractivity contribution in [2.24, 2.45) is 0 Å². The molecule has 0 radical (unpaired) electrons. The van der Waals surface area contributed by atoms with Gasteiger partial charge >= 0.3 is 13.6 Å². The van der Waals surface area contributed by atoms with Gasteiger partial charge in [-0.1, -0.05) is 0 Å². The third-order valence-corrected chi connectivity index (χ3v) is 5.16. The fourth-order valence-electron chi connectivity index (χ4n) is 2.99. The predicted octanol–water partition coefficient (Wildman–Crippen LogP) is 0.478. The number of imidazole rings is 1. The van der Waals surface area contributed by atoms with Gasteiger partial charge in [-0.05, 0) is 26.7 Å². The topological polar surface area (TPSA) is 172 Å². The van der Waals surface area contributed by atoms with E-state index in [1.165, 1.54) is 6.92 Å². The van der Waals surface area contributed by atoms with Crippen LogP contribution in [0.25, 0.3) is 11.2 Å². The van der Waals surface area contributed by atoms with E-state index >= 15 is 0 Å². The highest BCUT2D eigenvalue weighted by atomic mass is 31.2. The second-order valence-corrected chi connectivity index (χ2v) is 7.94. The van der Waals surface area contributed by atoms with Crippen LogP contribution in [-0.2, 0) is 23.6 Å². The maximum atomic E-state index is 11.7. The molecule has 1 aliphatic heterocycles. The Kier molecular flexibility index (Phi) is 5.96. The van der Waals surface area contributed by atoms with E-state index in [1.807, 2.05) is 0 Å². The molecule has 154 valence electrons. The molecular formula is C15H22N5O7P. The second kappa shape index (κ2) is 8.10. The zero-order chi connectivity index (χ0) is 20.5. The Morgan fingerprint density at radius 3 is 2.89 bits per heavy atom. The number of fused-ring (bicyclic) bond motifs is 1. The Hall–Kier alpha value is -2.11. The summed E-state index contributed by atoms with van der Waals surface area (Å²) in [4.78, 5) is 43.0. The molecule has 28 heavy (non-hydrogen) atoms. The summed E-state index contributed by atoms with van der Waals surface area (Å²) >= 11 is 0. The molecule has 3 atom stereocenters. The lowest BCUT2D eigenvalue weighted by Crippen LogP contribution is -2.30. The van der Waals surface area contributed by atoms with E-state index in [0.29, 0.717) is 29.8 Å². The SMILES string of the molecule is CCOC(=O)C(OCC1CCC(n2cnc3c(N)nc(C)nc32)O1)P(=O)(O)O. The van der Waals surface area contributed by atoms with Gasteiger partial charge in [-0.3, -0.25) is 9.13 Å². The molecular weight excluding hydrogens is 393 g/mol. The van der Waals surface area contributed by atoms with Crippen LogP contribution in [0.2, 0.25) is 0 Å². The van der Waals surface area contributed by atoms with E-state index in [1.54, 1.807) is 17.8 Å². The van der Waals surface area contributed by atoms with Crippen LogP contribution in [0.15, 0.2) is 6.33 Å². The number of aryl methyl sites for hydroxylation is 1. The van der Waals surface area contributed by atoms with Crippen molar-refractivity contribution in [3.8, 4) is 0 Å². The van der Waals surface area contributed by atoms with Gasteiger partial charge in [0, 0.05) is 0 Å². The Bertz CT molecular complexity index is 914. The molecule has 2 aromatic rings. The van der Waals surface area contributed by atoms with E-state index in [-0.39, 0.29) is 19.0 Å². The van der Waals surface area contributed by atoms with E-state index in [9.17, 15) is 19.1 Å². The van der Waals surface area contributed by atoms with Gasteiger partial charge in [0.2, 0.25) is 0 Å². The summed E-state index contributed by atoms with van der Waals surface area (Å²) in [5.74, 6) is -2.30. The molecule has 0 spiro atoms. The quantitative estimate of drug-likeness (QED) is 0.424. The fourth-order valence-corrected chi connectivity index (χ4v) is 3.62. The molecule has 1 fully saturated rings. The lowest BCUT2D eigenvalue weighted by molar-refractivity contribution is -0.154. The summed E-state index contributed by atoms with van der Waals surface area (Å²) in [6, 6.07) is 0. The number of carbonyl (C=O) groups is 1. The molecule has 1 aliphatic rings. The number of anilines is 1. The number of rotatable bonds is 7. The van der Waals surface area contributed by atoms with Crippen molar-refractivity contribution in [2.45, 2.75) is 44.9 Å². The van der Waals surface area contributed by atoms with Crippen molar-refractivity contribution < 1.29 is 33.4 Å². The number of esters is 1. The maximum Gasteiger partial charge on any atom is 0.365 e. The molecule has 3 unspecified atom stereocenters. The average Bonchev–Trinajstić information content (AvgIpc) is 3.20. The zero-order valence-corrected chi connectivity index (χ0v) is 16.3. The van der Waals surface area contributed by atoms with Gasteiger partial charge in [0.25, 0.3) is 5.85 Å². The molecule has 2 aromatic heterocycles. The normalized spacial score (nSPS) is 21.1. The first-order valence-electron chi connectivity index (χ1n) is 8.66. The van der Waals surface area contributed by atoms with Crippen LogP contribution in [-0.4, -0.2) is 60.4 Å². The van der Waals surface area contributed by atoms with E-state index in [2.05, 4.69) is 19.7 Å². The van der Waals surface area contributed by atoms with Gasteiger partial charge in [0.15, 0.2) is 11.5 Å². The fraction of sp³-hybridized carbons (Fsp3) is 0.600. The summed E-state index contributed by atoms with van der Waals surface area (Å²) in [7, 11) is -4.82. The Balaban J connectivity index is 1.67. The highest BCUT2D eigenvalue weighted by molar-refractivity contribution is 7.53. The molecule has 3 heterocycles. The summed E-state index contributed by atoms with van der Waals surface area (Å²) in [5.41, 5.74) is 6.87. The molecule has 0 aliphatic carbocycles. The largest absolute Gasteiger partial charge is 0.464 e. The number of hydrogen-bond acceptors (Lipinski definition) is 9. The third kappa shape index (κ3) is 4.31. The van der Waals surface area contributed by atoms with E-state index in [0.717, 1.165) is 0 Å². The summed E-state index contributed by atoms with van der Waals surface area (Å²) < 4.78 is 28.9. The van der Waals surface area contributed by atoms with Crippen LogP contribution in [0, 0.1) is 6.92 Å². The van der Waals surface area contributed by atoms with Crippen molar-refractivity contribution >= 4 is 30.5 Å². The standard InChI is InChI=1S/C15H22N5O7P/c1-3-25-14(21)15(28(22,23)24)26-6-9-4-5-10(27-9)20-7-17-11-12(16)18-8(2)19-13(11)20/h7,9-10,15H,3-6H2,1-2H3,(H2,16,18,19)(H2,22,23,24). The number of nitrogens with zero attached hydrogens (tertiary/aromatic N) is 4. The first-order valence-corrected chi connectivity index (χ1v) is 10.3. The summed E-state index contributed by atoms with van der Waals surface area (Å²) in [6.07, 6.45) is 1.85. The van der Waals surface area contributed by atoms with Crippen LogP contribution in [0.1, 0.15) is 31.8 Å². The monoisotopic (exact) mass is 415 g/mol. The lowest BCUT2D eigenvalue weighted by atomic mass is 10.2. The molecule has 0 saturated carbocycles. The van der Waals surface area contributed by atoms with Gasteiger partial charge in [-0.2, -0.15) is 0 Å². The van der Waals surface area contributed by atoms with Crippen molar-refractivity contribution in [3.63, 3.8) is 0 Å². The van der Waals surface area contributed by atoms with Crippen molar-refractivity contribution in [1.82, 2.24) is 19.5 Å². The highest BCUT2D eigenvalue weighted by Crippen LogP contribution is 2.43. The van der Waals surface area contributed by atoms with E-state index < -0.39 is 31.7 Å². The van der Waals surface area contributed by atoms with Crippen molar-refractivity contribution in [3.05, 3.63) is 12.2 Å². The molecule has 0 aromatic carbocycles. The number of nitrogens with two attached hydrogens (primary N) is 1.